The van der Waals surface area contributed by atoms with E-state index in [1.807, 2.05) is 0 Å². The Balaban J connectivity index is 2.84. The molecule has 1 rings (SSSR count). The number of aliphatic carboxylic acids is 1. The molecule has 0 aliphatic carbocycles. The predicted octanol–water partition coefficient (Wildman–Crippen LogP) is -2.94. The number of aromatic nitrogens is 2. The van der Waals surface area contributed by atoms with E-state index in [-0.39, 0.29) is 49.9 Å². The first kappa shape index (κ1) is 26.1. The summed E-state index contributed by atoms with van der Waals surface area (Å²) in [7, 11) is 0. The highest BCUT2D eigenvalue weighted by molar-refractivity contribution is 5.82. The summed E-state index contributed by atoms with van der Waals surface area (Å²) < 4.78 is 5.07. The van der Waals surface area contributed by atoms with Gasteiger partial charge in [0.2, 0.25) is 17.7 Å². The minimum atomic E-state index is -1.27. The average molecular weight is 456 g/mol. The zero-order valence-corrected chi connectivity index (χ0v) is 17.2. The highest BCUT2D eigenvalue weighted by Crippen LogP contribution is 2.19. The molecule has 0 radical (unpaired) electrons. The number of hydrogen-bond donors (Lipinski definition) is 8. The molecular weight excluding hydrogens is 428 g/mol. The first-order chi connectivity index (χ1) is 15.0. The number of hydrogen-bond acceptors (Lipinski definition) is 9. The lowest BCUT2D eigenvalue weighted by Gasteiger charge is -2.18. The molecular formula is C16H28N10O6. The van der Waals surface area contributed by atoms with Crippen LogP contribution < -0.4 is 39.3 Å². The molecule has 3 atom stereocenters. The van der Waals surface area contributed by atoms with Crippen LogP contribution in [0.2, 0.25) is 0 Å². The quantitative estimate of drug-likeness (QED) is 0.0795. The Morgan fingerprint density at radius 1 is 1.06 bits per heavy atom. The fourth-order valence-electron chi connectivity index (χ4n) is 2.51. The van der Waals surface area contributed by atoms with E-state index in [0.717, 1.165) is 0 Å². The molecule has 1 aromatic rings. The summed E-state index contributed by atoms with van der Waals surface area (Å²) in [6.07, 6.45) is -0.0449. The van der Waals surface area contributed by atoms with Gasteiger partial charge in [0.25, 0.3) is 0 Å². The Morgan fingerprint density at radius 3 is 2.31 bits per heavy atom. The lowest BCUT2D eigenvalue weighted by atomic mass is 10.1. The Bertz CT molecular complexity index is 837. The number of carboxylic acid groups (broad SMARTS) is 1. The maximum atomic E-state index is 12.4. The van der Waals surface area contributed by atoms with Crippen LogP contribution in [0.15, 0.2) is 9.52 Å². The van der Waals surface area contributed by atoms with Gasteiger partial charge in [0.15, 0.2) is 11.8 Å². The lowest BCUT2D eigenvalue weighted by molar-refractivity contribution is -0.139. The predicted molar refractivity (Wildman–Crippen MR) is 109 cm³/mol. The van der Waals surface area contributed by atoms with Gasteiger partial charge >= 0.3 is 12.0 Å². The monoisotopic (exact) mass is 456 g/mol. The highest BCUT2D eigenvalue weighted by atomic mass is 16.5. The maximum Gasteiger partial charge on any atom is 0.326 e. The Morgan fingerprint density at radius 2 is 1.75 bits per heavy atom. The molecule has 0 spiro atoms. The average Bonchev–Trinajstić information content (AvgIpc) is 3.16. The molecule has 0 bridgehead atoms. The molecule has 1 heterocycles. The molecule has 4 amide bonds. The first-order valence-electron chi connectivity index (χ1n) is 9.50. The third-order valence-electron chi connectivity index (χ3n) is 4.04. The zero-order chi connectivity index (χ0) is 24.3. The normalized spacial score (nSPS) is 13.4. The topological polar surface area (TPSA) is 294 Å². The molecule has 0 aliphatic rings. The van der Waals surface area contributed by atoms with Crippen molar-refractivity contribution in [3.8, 4) is 0 Å². The fourth-order valence-corrected chi connectivity index (χ4v) is 2.51. The van der Waals surface area contributed by atoms with Gasteiger partial charge in [-0.05, 0) is 19.3 Å². The van der Waals surface area contributed by atoms with Crippen molar-refractivity contribution in [3.63, 3.8) is 0 Å². The van der Waals surface area contributed by atoms with Gasteiger partial charge in [0.05, 0.1) is 6.04 Å². The summed E-state index contributed by atoms with van der Waals surface area (Å²) in [5.41, 5.74) is 26.4. The van der Waals surface area contributed by atoms with Gasteiger partial charge in [0, 0.05) is 19.4 Å². The van der Waals surface area contributed by atoms with Crippen LogP contribution in [-0.4, -0.2) is 57.6 Å². The summed E-state index contributed by atoms with van der Waals surface area (Å²) in [6.45, 7) is 0.187. The molecule has 16 nitrogen and oxygen atoms in total. The van der Waals surface area contributed by atoms with Gasteiger partial charge in [-0.1, -0.05) is 5.16 Å². The molecule has 0 aromatic carbocycles. The van der Waals surface area contributed by atoms with Crippen molar-refractivity contribution in [2.45, 2.75) is 50.2 Å². The van der Waals surface area contributed by atoms with Crippen LogP contribution >= 0.6 is 0 Å². The van der Waals surface area contributed by atoms with Crippen molar-refractivity contribution < 1.29 is 28.8 Å². The summed E-state index contributed by atoms with van der Waals surface area (Å²) >= 11 is 0. The van der Waals surface area contributed by atoms with Crippen molar-refractivity contribution in [2.75, 3.05) is 6.54 Å². The molecule has 0 fully saturated rings. The minimum absolute atomic E-state index is 0.0162. The van der Waals surface area contributed by atoms with Crippen LogP contribution in [0, 0.1) is 0 Å². The second-order valence-corrected chi connectivity index (χ2v) is 6.78. The van der Waals surface area contributed by atoms with E-state index in [1.165, 1.54) is 0 Å². The lowest BCUT2D eigenvalue weighted by Crippen LogP contribution is -2.47. The van der Waals surface area contributed by atoms with Crippen molar-refractivity contribution >= 4 is 29.8 Å². The Hall–Kier alpha value is -3.95. The largest absolute Gasteiger partial charge is 0.480 e. The fraction of sp³-hybridized carbons (Fsp3) is 0.562. The van der Waals surface area contributed by atoms with Gasteiger partial charge in [-0.2, -0.15) is 4.98 Å². The van der Waals surface area contributed by atoms with Gasteiger partial charge in [-0.15, -0.1) is 0 Å². The summed E-state index contributed by atoms with van der Waals surface area (Å²) in [5.74, 6) is -2.87. The number of guanidine groups is 1. The molecule has 32 heavy (non-hydrogen) atoms. The molecule has 0 saturated carbocycles. The number of primary amides is 2. The molecule has 13 N–H and O–H groups in total. The molecule has 0 aliphatic heterocycles. The number of nitrogens with two attached hydrogens (primary N) is 5. The number of urea groups is 1. The minimum Gasteiger partial charge on any atom is -0.480 e. The van der Waals surface area contributed by atoms with E-state index in [4.69, 9.17) is 33.2 Å². The molecule has 0 saturated heterocycles. The number of carbonyl (C=O) groups excluding carboxylic acids is 3. The zero-order valence-electron chi connectivity index (χ0n) is 17.2. The molecule has 178 valence electrons. The number of amides is 4. The summed E-state index contributed by atoms with van der Waals surface area (Å²) in [4.78, 5) is 53.7. The van der Waals surface area contributed by atoms with E-state index >= 15 is 0 Å². The van der Waals surface area contributed by atoms with E-state index in [9.17, 15) is 24.3 Å². The highest BCUT2D eigenvalue weighted by Gasteiger charge is 2.26. The van der Waals surface area contributed by atoms with Crippen molar-refractivity contribution in [1.29, 1.82) is 0 Å². The van der Waals surface area contributed by atoms with Gasteiger partial charge < -0.3 is 48.9 Å². The van der Waals surface area contributed by atoms with Crippen LogP contribution in [0.4, 0.5) is 4.79 Å². The van der Waals surface area contributed by atoms with Crippen LogP contribution in [0.3, 0.4) is 0 Å². The van der Waals surface area contributed by atoms with Gasteiger partial charge in [0.1, 0.15) is 12.1 Å². The molecule has 16 heteroatoms. The number of carbonyl (C=O) groups is 4. The second kappa shape index (κ2) is 12.7. The van der Waals surface area contributed by atoms with E-state index in [0.29, 0.717) is 6.42 Å². The van der Waals surface area contributed by atoms with Crippen LogP contribution in [0.5, 0.6) is 0 Å². The third-order valence-corrected chi connectivity index (χ3v) is 4.04. The summed E-state index contributed by atoms with van der Waals surface area (Å²) in [5, 5.41) is 17.7. The van der Waals surface area contributed by atoms with Crippen LogP contribution in [-0.2, 0) is 14.4 Å². The number of nitrogens with zero attached hydrogens (tertiary/aromatic N) is 3. The van der Waals surface area contributed by atoms with Crippen molar-refractivity contribution in [1.82, 2.24) is 20.8 Å². The number of nitrogens with one attached hydrogen (secondary N) is 2. The van der Waals surface area contributed by atoms with Crippen molar-refractivity contribution in [2.24, 2.45) is 33.7 Å². The third kappa shape index (κ3) is 9.70. The maximum absolute atomic E-state index is 12.4. The first-order valence-corrected chi connectivity index (χ1v) is 9.50. The number of carboxylic acids is 1. The summed E-state index contributed by atoms with van der Waals surface area (Å²) in [6, 6.07) is -4.02. The van der Waals surface area contributed by atoms with E-state index in [2.05, 4.69) is 25.8 Å². The Labute approximate surface area is 182 Å². The van der Waals surface area contributed by atoms with Crippen LogP contribution in [0.1, 0.15) is 55.9 Å². The van der Waals surface area contributed by atoms with E-state index in [1.54, 1.807) is 0 Å². The van der Waals surface area contributed by atoms with Crippen LogP contribution in [0.25, 0.3) is 0 Å². The Kier molecular flexibility index (Phi) is 10.3. The molecule has 1 aromatic heterocycles. The van der Waals surface area contributed by atoms with Crippen molar-refractivity contribution in [3.05, 3.63) is 11.7 Å². The standard InChI is InChI=1S/C16H28N10O6/c17-7(6-11(19)28)12-25-13(32-26-12)8(3-4-10(18)27)23-16(31)24-9(14(29)30)2-1-5-22-15(20)21/h7-9H,1-6,17H2,(H2,18,27)(H2,19,28)(H,29,30)(H4,20,21,22)(H2,23,24,31)/t7-,8-,9-/m0/s1. The molecule has 0 unspecified atom stereocenters. The number of aliphatic imine (C=N–C) groups is 1. The SMILES string of the molecule is NC(=O)CC[C@H](NC(=O)N[C@@H](CCCN=C(N)N)C(=O)O)c1nc([C@@H](N)CC(N)=O)no1. The van der Waals surface area contributed by atoms with E-state index < -0.39 is 41.9 Å². The van der Waals surface area contributed by atoms with Gasteiger partial charge in [-0.3, -0.25) is 14.6 Å². The van der Waals surface area contributed by atoms with Gasteiger partial charge in [-0.25, -0.2) is 9.59 Å². The second-order valence-electron chi connectivity index (χ2n) is 6.78. The smallest absolute Gasteiger partial charge is 0.326 e. The number of rotatable bonds is 14.